The second kappa shape index (κ2) is 7.84. The fourth-order valence-corrected chi connectivity index (χ4v) is 5.30. The molecule has 1 saturated heterocycles. The van der Waals surface area contributed by atoms with E-state index >= 15 is 0 Å². The molecule has 6 nitrogen and oxygen atoms in total. The van der Waals surface area contributed by atoms with Gasteiger partial charge in [-0.2, -0.15) is 13.2 Å². The van der Waals surface area contributed by atoms with Crippen molar-refractivity contribution in [3.05, 3.63) is 59.0 Å². The topological polar surface area (TPSA) is 71.0 Å². The van der Waals surface area contributed by atoms with Gasteiger partial charge in [0.05, 0.1) is 11.6 Å². The van der Waals surface area contributed by atoms with Crippen LogP contribution < -0.4 is 5.32 Å². The number of fused-ring (bicyclic) bond motifs is 2. The third-order valence-corrected chi connectivity index (χ3v) is 6.86. The van der Waals surface area contributed by atoms with E-state index in [4.69, 9.17) is 0 Å². The van der Waals surface area contributed by atoms with Crippen LogP contribution in [0.3, 0.4) is 0 Å². The molecule has 1 N–H and O–H groups in total. The lowest BCUT2D eigenvalue weighted by atomic mass is 10.0. The summed E-state index contributed by atoms with van der Waals surface area (Å²) in [5, 5.41) is 5.85. The van der Waals surface area contributed by atoms with E-state index in [1.165, 1.54) is 17.4 Å². The highest BCUT2D eigenvalue weighted by Gasteiger charge is 2.47. The van der Waals surface area contributed by atoms with Gasteiger partial charge in [-0.1, -0.05) is 0 Å². The SMILES string of the molecule is Cc1cnc(C(=O)N2C[C@H]3C[C@@H](Nc4ccc(C(F)(F)F)cn4)[C@@H]2C3)c(-c2nccs2)c1. The Hall–Kier alpha value is -3.01. The molecule has 1 aliphatic carbocycles. The van der Waals surface area contributed by atoms with Crippen molar-refractivity contribution >= 4 is 23.1 Å². The monoisotopic (exact) mass is 459 g/mol. The largest absolute Gasteiger partial charge is 0.417 e. The molecule has 5 rings (SSSR count). The maximum absolute atomic E-state index is 13.5. The Balaban J connectivity index is 1.36. The number of pyridine rings is 2. The van der Waals surface area contributed by atoms with E-state index in [1.54, 1.807) is 12.4 Å². The highest BCUT2D eigenvalue weighted by atomic mass is 32.1. The number of nitrogens with zero attached hydrogens (tertiary/aromatic N) is 4. The van der Waals surface area contributed by atoms with Crippen LogP contribution in [0.15, 0.2) is 42.2 Å². The number of rotatable bonds is 4. The quantitative estimate of drug-likeness (QED) is 0.615. The fourth-order valence-electron chi connectivity index (χ4n) is 4.65. The van der Waals surface area contributed by atoms with Gasteiger partial charge < -0.3 is 10.2 Å². The normalized spacial score (nSPS) is 22.4. The molecule has 3 atom stereocenters. The molecule has 1 amide bonds. The second-order valence-electron chi connectivity index (χ2n) is 8.29. The first-order valence-corrected chi connectivity index (χ1v) is 11.1. The molecule has 2 fully saturated rings. The van der Waals surface area contributed by atoms with Crippen LogP contribution in [-0.4, -0.2) is 44.4 Å². The molecule has 4 heterocycles. The van der Waals surface area contributed by atoms with Gasteiger partial charge in [-0.15, -0.1) is 11.3 Å². The molecule has 32 heavy (non-hydrogen) atoms. The lowest BCUT2D eigenvalue weighted by Gasteiger charge is -2.34. The maximum atomic E-state index is 13.5. The first-order valence-electron chi connectivity index (χ1n) is 10.3. The number of nitrogens with one attached hydrogen (secondary N) is 1. The predicted octanol–water partition coefficient (Wildman–Crippen LogP) is 4.64. The lowest BCUT2D eigenvalue weighted by Crippen LogP contribution is -2.48. The van der Waals surface area contributed by atoms with Gasteiger partial charge in [-0.25, -0.2) is 9.97 Å². The van der Waals surface area contributed by atoms with Crippen molar-refractivity contribution in [3.63, 3.8) is 0 Å². The molecule has 0 aromatic carbocycles. The van der Waals surface area contributed by atoms with Crippen LogP contribution in [0, 0.1) is 12.8 Å². The lowest BCUT2D eigenvalue weighted by molar-refractivity contribution is -0.137. The van der Waals surface area contributed by atoms with Crippen molar-refractivity contribution in [3.8, 4) is 10.6 Å². The average molecular weight is 459 g/mol. The van der Waals surface area contributed by atoms with Crippen molar-refractivity contribution < 1.29 is 18.0 Å². The van der Waals surface area contributed by atoms with Gasteiger partial charge in [-0.05, 0) is 49.4 Å². The zero-order valence-corrected chi connectivity index (χ0v) is 18.0. The third kappa shape index (κ3) is 3.83. The van der Waals surface area contributed by atoms with Crippen LogP contribution in [0.2, 0.25) is 0 Å². The Morgan fingerprint density at radius 3 is 2.69 bits per heavy atom. The molecule has 0 spiro atoms. The Labute approximate surface area is 186 Å². The van der Waals surface area contributed by atoms with Gasteiger partial charge in [0, 0.05) is 42.1 Å². The standard InChI is InChI=1S/C22H20F3N5OS/c1-12-6-15(20-26-4-5-32-20)19(28-9-12)21(31)30-11-13-7-16(17(30)8-13)29-18-3-2-14(10-27-18)22(23,24)25/h2-6,9-10,13,16-17H,7-8,11H2,1H3,(H,27,29)/t13-,16+,17-/m0/s1. The second-order valence-corrected chi connectivity index (χ2v) is 9.18. The summed E-state index contributed by atoms with van der Waals surface area (Å²) in [7, 11) is 0. The first kappa shape index (κ1) is 20.9. The minimum absolute atomic E-state index is 0.0659. The molecular weight excluding hydrogens is 439 g/mol. The van der Waals surface area contributed by atoms with E-state index in [9.17, 15) is 18.0 Å². The number of thiazole rings is 1. The summed E-state index contributed by atoms with van der Waals surface area (Å²) in [5.41, 5.74) is 1.27. The van der Waals surface area contributed by atoms with Crippen molar-refractivity contribution in [1.82, 2.24) is 19.9 Å². The summed E-state index contributed by atoms with van der Waals surface area (Å²) in [4.78, 5) is 28.0. The van der Waals surface area contributed by atoms with Gasteiger partial charge in [0.2, 0.25) is 0 Å². The van der Waals surface area contributed by atoms with Gasteiger partial charge in [-0.3, -0.25) is 9.78 Å². The molecule has 2 bridgehead atoms. The number of aromatic nitrogens is 3. The molecule has 0 unspecified atom stereocenters. The van der Waals surface area contributed by atoms with E-state index < -0.39 is 11.7 Å². The number of aryl methyl sites for hydroxylation is 1. The number of hydrogen-bond donors (Lipinski definition) is 1. The molecule has 10 heteroatoms. The van der Waals surface area contributed by atoms with Gasteiger partial charge in [0.25, 0.3) is 5.91 Å². The third-order valence-electron chi connectivity index (χ3n) is 6.06. The maximum Gasteiger partial charge on any atom is 0.417 e. The minimum Gasteiger partial charge on any atom is -0.365 e. The molecule has 166 valence electrons. The number of halogens is 3. The Kier molecular flexibility index (Phi) is 5.11. The molecular formula is C22H20F3N5OS. The Morgan fingerprint density at radius 1 is 1.19 bits per heavy atom. The summed E-state index contributed by atoms with van der Waals surface area (Å²) in [6.07, 6.45) is 1.48. The smallest absolute Gasteiger partial charge is 0.365 e. The number of likely N-dealkylation sites (tertiary alicyclic amines) is 1. The van der Waals surface area contributed by atoms with Crippen molar-refractivity contribution in [2.24, 2.45) is 5.92 Å². The molecule has 1 saturated carbocycles. The summed E-state index contributed by atoms with van der Waals surface area (Å²) in [5.74, 6) is 0.569. The average Bonchev–Trinajstić information content (AvgIpc) is 3.50. The molecule has 3 aromatic rings. The number of alkyl halides is 3. The Morgan fingerprint density at radius 2 is 2.03 bits per heavy atom. The number of piperidine rings is 1. The Bertz CT molecular complexity index is 1130. The van der Waals surface area contributed by atoms with E-state index in [2.05, 4.69) is 20.3 Å². The van der Waals surface area contributed by atoms with Crippen LogP contribution in [-0.2, 0) is 6.18 Å². The van der Waals surface area contributed by atoms with Crippen molar-refractivity contribution in [1.29, 1.82) is 0 Å². The number of amides is 1. The summed E-state index contributed by atoms with van der Waals surface area (Å²) < 4.78 is 38.4. The molecule has 2 aliphatic rings. The summed E-state index contributed by atoms with van der Waals surface area (Å²) >= 11 is 1.46. The predicted molar refractivity (Wildman–Crippen MR) is 114 cm³/mol. The number of anilines is 1. The number of carbonyl (C=O) groups excluding carboxylic acids is 1. The van der Waals surface area contributed by atoms with E-state index in [0.717, 1.165) is 41.2 Å². The number of hydrogen-bond acceptors (Lipinski definition) is 6. The van der Waals surface area contributed by atoms with Gasteiger partial charge in [0.1, 0.15) is 16.5 Å². The first-order chi connectivity index (χ1) is 15.3. The summed E-state index contributed by atoms with van der Waals surface area (Å²) in [6.45, 7) is 2.57. The van der Waals surface area contributed by atoms with E-state index in [1.807, 2.05) is 23.3 Å². The molecule has 0 radical (unpaired) electrons. The fraction of sp³-hybridized carbons (Fsp3) is 0.364. The van der Waals surface area contributed by atoms with Crippen LogP contribution in [0.4, 0.5) is 19.0 Å². The van der Waals surface area contributed by atoms with Gasteiger partial charge in [0.15, 0.2) is 0 Å². The highest BCUT2D eigenvalue weighted by molar-refractivity contribution is 7.13. The number of carbonyl (C=O) groups is 1. The van der Waals surface area contributed by atoms with Crippen LogP contribution >= 0.6 is 11.3 Å². The van der Waals surface area contributed by atoms with Crippen LogP contribution in [0.1, 0.15) is 34.5 Å². The zero-order chi connectivity index (χ0) is 22.5. The van der Waals surface area contributed by atoms with Crippen LogP contribution in [0.25, 0.3) is 10.6 Å². The van der Waals surface area contributed by atoms with Gasteiger partial charge >= 0.3 is 6.18 Å². The van der Waals surface area contributed by atoms with E-state index in [0.29, 0.717) is 24.0 Å². The minimum atomic E-state index is -4.42. The molecule has 3 aromatic heterocycles. The highest BCUT2D eigenvalue weighted by Crippen LogP contribution is 2.40. The van der Waals surface area contributed by atoms with Crippen molar-refractivity contribution in [2.75, 3.05) is 11.9 Å². The van der Waals surface area contributed by atoms with Crippen molar-refractivity contribution in [2.45, 2.75) is 38.0 Å². The zero-order valence-electron chi connectivity index (χ0n) is 17.1. The van der Waals surface area contributed by atoms with Crippen LogP contribution in [0.5, 0.6) is 0 Å². The molecule has 1 aliphatic heterocycles. The van der Waals surface area contributed by atoms with E-state index in [-0.39, 0.29) is 18.0 Å². The summed E-state index contributed by atoms with van der Waals surface area (Å²) in [6, 6.07) is 4.14.